The highest BCUT2D eigenvalue weighted by atomic mass is 16.6. The standard InChI is InChI=1S/C13H21NO2/c1-13(2,3)16-12(15)14-10-6-4-7-11(14)9-5-8-10/h4,6,10-11H,5,7-9H2,1-3H3/t10-,11-/m0/s1. The first-order valence-corrected chi connectivity index (χ1v) is 6.15. The van der Waals surface area contributed by atoms with Crippen LogP contribution in [0.2, 0.25) is 0 Å². The summed E-state index contributed by atoms with van der Waals surface area (Å²) < 4.78 is 5.47. The molecule has 3 nitrogen and oxygen atoms in total. The first-order chi connectivity index (χ1) is 7.47. The molecule has 0 spiro atoms. The number of fused-ring (bicyclic) bond motifs is 2. The van der Waals surface area contributed by atoms with Crippen molar-refractivity contribution in [2.24, 2.45) is 0 Å². The molecule has 0 unspecified atom stereocenters. The molecule has 0 N–H and O–H groups in total. The molecule has 0 aromatic heterocycles. The number of carbonyl (C=O) groups excluding carboxylic acids is 1. The van der Waals surface area contributed by atoms with Crippen LogP contribution in [-0.4, -0.2) is 28.7 Å². The highest BCUT2D eigenvalue weighted by Gasteiger charge is 2.36. The third-order valence-corrected chi connectivity index (χ3v) is 3.16. The zero-order chi connectivity index (χ0) is 11.8. The van der Waals surface area contributed by atoms with E-state index in [0.29, 0.717) is 6.04 Å². The van der Waals surface area contributed by atoms with E-state index in [9.17, 15) is 4.79 Å². The average Bonchev–Trinajstić information content (AvgIpc) is 2.13. The minimum absolute atomic E-state index is 0.147. The molecule has 0 aromatic rings. The van der Waals surface area contributed by atoms with Crippen LogP contribution in [-0.2, 0) is 4.74 Å². The van der Waals surface area contributed by atoms with Gasteiger partial charge in [-0.3, -0.25) is 4.90 Å². The van der Waals surface area contributed by atoms with Crippen molar-refractivity contribution in [1.29, 1.82) is 0 Å². The van der Waals surface area contributed by atoms with Gasteiger partial charge in [-0.2, -0.15) is 0 Å². The van der Waals surface area contributed by atoms with E-state index in [0.717, 1.165) is 19.3 Å². The predicted molar refractivity (Wildman–Crippen MR) is 63.3 cm³/mol. The van der Waals surface area contributed by atoms with Gasteiger partial charge in [-0.1, -0.05) is 12.2 Å². The molecule has 1 fully saturated rings. The van der Waals surface area contributed by atoms with E-state index < -0.39 is 5.60 Å². The quantitative estimate of drug-likeness (QED) is 0.590. The van der Waals surface area contributed by atoms with Crippen LogP contribution in [0.1, 0.15) is 46.5 Å². The minimum Gasteiger partial charge on any atom is -0.444 e. The second kappa shape index (κ2) is 4.11. The second-order valence-corrected chi connectivity index (χ2v) is 5.70. The molecule has 2 bridgehead atoms. The van der Waals surface area contributed by atoms with Crippen molar-refractivity contribution in [3.8, 4) is 0 Å². The van der Waals surface area contributed by atoms with E-state index in [-0.39, 0.29) is 12.1 Å². The SMILES string of the molecule is CC(C)(C)OC(=O)N1[C@H]2CC=C[C@H]1CCC2. The summed E-state index contributed by atoms with van der Waals surface area (Å²) in [7, 11) is 0. The lowest BCUT2D eigenvalue weighted by Gasteiger charge is -2.43. The summed E-state index contributed by atoms with van der Waals surface area (Å²) >= 11 is 0. The van der Waals surface area contributed by atoms with Crippen LogP contribution in [0, 0.1) is 0 Å². The Hall–Kier alpha value is -0.990. The summed E-state index contributed by atoms with van der Waals surface area (Å²) in [6.07, 6.45) is 8.60. The Balaban J connectivity index is 2.08. The third-order valence-electron chi connectivity index (χ3n) is 3.16. The van der Waals surface area contributed by atoms with Crippen LogP contribution >= 0.6 is 0 Å². The molecule has 0 saturated carbocycles. The number of ether oxygens (including phenoxy) is 1. The Morgan fingerprint density at radius 1 is 1.38 bits per heavy atom. The van der Waals surface area contributed by atoms with Crippen molar-refractivity contribution >= 4 is 6.09 Å². The van der Waals surface area contributed by atoms with Gasteiger partial charge in [0.15, 0.2) is 0 Å². The lowest BCUT2D eigenvalue weighted by molar-refractivity contribution is -0.000600. The van der Waals surface area contributed by atoms with Gasteiger partial charge in [-0.05, 0) is 46.5 Å². The molecule has 90 valence electrons. The smallest absolute Gasteiger partial charge is 0.411 e. The fraction of sp³-hybridized carbons (Fsp3) is 0.769. The van der Waals surface area contributed by atoms with Gasteiger partial charge in [0.1, 0.15) is 5.60 Å². The highest BCUT2D eigenvalue weighted by molar-refractivity contribution is 5.69. The van der Waals surface area contributed by atoms with E-state index in [1.165, 1.54) is 6.42 Å². The predicted octanol–water partition coefficient (Wildman–Crippen LogP) is 3.10. The molecule has 2 heterocycles. The number of carbonyl (C=O) groups is 1. The van der Waals surface area contributed by atoms with Crippen LogP contribution in [0.15, 0.2) is 12.2 Å². The molecule has 2 atom stereocenters. The molecule has 1 amide bonds. The number of hydrogen-bond acceptors (Lipinski definition) is 2. The highest BCUT2D eigenvalue weighted by Crippen LogP contribution is 2.31. The van der Waals surface area contributed by atoms with E-state index >= 15 is 0 Å². The third kappa shape index (κ3) is 2.39. The molecule has 2 aliphatic heterocycles. The maximum absolute atomic E-state index is 12.1. The summed E-state index contributed by atoms with van der Waals surface area (Å²) in [5.41, 5.74) is -0.396. The maximum atomic E-state index is 12.1. The van der Waals surface area contributed by atoms with Gasteiger partial charge in [0.25, 0.3) is 0 Å². The monoisotopic (exact) mass is 223 g/mol. The summed E-state index contributed by atoms with van der Waals surface area (Å²) in [4.78, 5) is 14.0. The van der Waals surface area contributed by atoms with E-state index in [4.69, 9.17) is 4.74 Å². The summed E-state index contributed by atoms with van der Waals surface area (Å²) in [5, 5.41) is 0. The number of nitrogens with zero attached hydrogens (tertiary/aromatic N) is 1. The molecule has 0 aliphatic carbocycles. The van der Waals surface area contributed by atoms with Crippen molar-refractivity contribution in [2.75, 3.05) is 0 Å². The topological polar surface area (TPSA) is 29.5 Å². The van der Waals surface area contributed by atoms with E-state index in [1.54, 1.807) is 0 Å². The van der Waals surface area contributed by atoms with Gasteiger partial charge in [0, 0.05) is 6.04 Å². The molecule has 2 rings (SSSR count). The Bertz CT molecular complexity index is 304. The van der Waals surface area contributed by atoms with Crippen LogP contribution < -0.4 is 0 Å². The fourth-order valence-corrected chi connectivity index (χ4v) is 2.52. The van der Waals surface area contributed by atoms with Crippen molar-refractivity contribution in [3.05, 3.63) is 12.2 Å². The molecule has 0 aromatic carbocycles. The van der Waals surface area contributed by atoms with Crippen LogP contribution in [0.25, 0.3) is 0 Å². The average molecular weight is 223 g/mol. The van der Waals surface area contributed by atoms with Gasteiger partial charge >= 0.3 is 6.09 Å². The van der Waals surface area contributed by atoms with Crippen molar-refractivity contribution in [2.45, 2.75) is 64.1 Å². The van der Waals surface area contributed by atoms with Gasteiger partial charge in [0.05, 0.1) is 6.04 Å². The number of amides is 1. The van der Waals surface area contributed by atoms with Gasteiger partial charge in [0.2, 0.25) is 0 Å². The minimum atomic E-state index is -0.396. The maximum Gasteiger partial charge on any atom is 0.411 e. The Morgan fingerprint density at radius 3 is 2.75 bits per heavy atom. The molecule has 0 radical (unpaired) electrons. The van der Waals surface area contributed by atoms with Crippen molar-refractivity contribution in [3.63, 3.8) is 0 Å². The van der Waals surface area contributed by atoms with Crippen LogP contribution in [0.4, 0.5) is 4.79 Å². The number of hydrogen-bond donors (Lipinski definition) is 0. The lowest BCUT2D eigenvalue weighted by Crippen LogP contribution is -2.52. The number of rotatable bonds is 0. The summed E-state index contributed by atoms with van der Waals surface area (Å²) in [5.74, 6) is 0. The molecule has 1 saturated heterocycles. The van der Waals surface area contributed by atoms with Crippen LogP contribution in [0.3, 0.4) is 0 Å². The second-order valence-electron chi connectivity index (χ2n) is 5.70. The van der Waals surface area contributed by atoms with E-state index in [2.05, 4.69) is 12.2 Å². The molecular weight excluding hydrogens is 202 g/mol. The number of piperidine rings is 1. The van der Waals surface area contributed by atoms with Crippen molar-refractivity contribution in [1.82, 2.24) is 4.90 Å². The molecular formula is C13H21NO2. The van der Waals surface area contributed by atoms with Gasteiger partial charge in [-0.15, -0.1) is 0 Å². The first-order valence-electron chi connectivity index (χ1n) is 6.15. The Morgan fingerprint density at radius 2 is 2.12 bits per heavy atom. The zero-order valence-corrected chi connectivity index (χ0v) is 10.4. The zero-order valence-electron chi connectivity index (χ0n) is 10.4. The normalized spacial score (nSPS) is 29.1. The lowest BCUT2D eigenvalue weighted by atomic mass is 9.89. The van der Waals surface area contributed by atoms with Crippen molar-refractivity contribution < 1.29 is 9.53 Å². The first kappa shape index (κ1) is 11.5. The molecule has 16 heavy (non-hydrogen) atoms. The van der Waals surface area contributed by atoms with Gasteiger partial charge in [-0.25, -0.2) is 4.79 Å². The van der Waals surface area contributed by atoms with Crippen LogP contribution in [0.5, 0.6) is 0 Å². The molecule has 3 heteroatoms. The Labute approximate surface area is 97.5 Å². The fourth-order valence-electron chi connectivity index (χ4n) is 2.52. The Kier molecular flexibility index (Phi) is 2.96. The summed E-state index contributed by atoms with van der Waals surface area (Å²) in [6, 6.07) is 0.626. The largest absolute Gasteiger partial charge is 0.444 e. The molecule has 2 aliphatic rings. The van der Waals surface area contributed by atoms with Gasteiger partial charge < -0.3 is 4.74 Å². The summed E-state index contributed by atoms with van der Waals surface area (Å²) in [6.45, 7) is 5.75. The van der Waals surface area contributed by atoms with E-state index in [1.807, 2.05) is 25.7 Å².